The van der Waals surface area contributed by atoms with Crippen molar-refractivity contribution in [1.29, 1.82) is 0 Å². The van der Waals surface area contributed by atoms with Gasteiger partial charge in [0.1, 0.15) is 5.82 Å². The minimum atomic E-state index is 0.519. The molecule has 0 fully saturated rings. The number of fused-ring (bicyclic) bond motifs is 2. The van der Waals surface area contributed by atoms with E-state index in [1.165, 1.54) is 29.7 Å². The third-order valence-corrected chi connectivity index (χ3v) is 4.65. The first-order valence-electron chi connectivity index (χ1n) is 7.79. The van der Waals surface area contributed by atoms with E-state index in [4.69, 9.17) is 11.6 Å². The van der Waals surface area contributed by atoms with Crippen molar-refractivity contribution < 1.29 is 0 Å². The van der Waals surface area contributed by atoms with E-state index in [9.17, 15) is 0 Å². The summed E-state index contributed by atoms with van der Waals surface area (Å²) in [4.78, 5) is 7.86. The molecule has 1 atom stereocenters. The molecule has 1 unspecified atom stereocenters. The SMILES string of the molecule is Clc1ccc2[nH]c(CNCC3CCCc4nccn43)cc2c1. The van der Waals surface area contributed by atoms with Crippen LogP contribution >= 0.6 is 11.6 Å². The zero-order valence-electron chi connectivity index (χ0n) is 12.3. The fourth-order valence-electron chi connectivity index (χ4n) is 3.34. The van der Waals surface area contributed by atoms with Crippen LogP contribution in [0, 0.1) is 0 Å². The molecule has 0 spiro atoms. The molecule has 22 heavy (non-hydrogen) atoms. The molecule has 114 valence electrons. The third kappa shape index (κ3) is 2.64. The molecule has 1 aromatic carbocycles. The maximum absolute atomic E-state index is 6.03. The van der Waals surface area contributed by atoms with Crippen LogP contribution in [0.3, 0.4) is 0 Å². The van der Waals surface area contributed by atoms with Crippen LogP contribution in [0.2, 0.25) is 5.02 Å². The standard InChI is InChI=1S/C17H19ClN4/c18-13-4-5-16-12(8-13)9-14(21-16)10-19-11-15-2-1-3-17-20-6-7-22(15)17/h4-9,15,19,21H,1-3,10-11H2. The van der Waals surface area contributed by atoms with Crippen molar-refractivity contribution in [2.45, 2.75) is 31.8 Å². The lowest BCUT2D eigenvalue weighted by Crippen LogP contribution is -2.28. The summed E-state index contributed by atoms with van der Waals surface area (Å²) in [6, 6.07) is 8.62. The first-order chi connectivity index (χ1) is 10.8. The molecule has 0 radical (unpaired) electrons. The molecule has 3 aromatic rings. The van der Waals surface area contributed by atoms with E-state index < -0.39 is 0 Å². The van der Waals surface area contributed by atoms with E-state index in [1.54, 1.807) is 0 Å². The lowest BCUT2D eigenvalue weighted by molar-refractivity contribution is 0.375. The lowest BCUT2D eigenvalue weighted by atomic mass is 10.0. The average molecular weight is 315 g/mol. The summed E-state index contributed by atoms with van der Waals surface area (Å²) in [6.45, 7) is 1.81. The van der Waals surface area contributed by atoms with E-state index in [-0.39, 0.29) is 0 Å². The molecule has 0 saturated carbocycles. The minimum Gasteiger partial charge on any atom is -0.357 e. The van der Waals surface area contributed by atoms with Crippen molar-refractivity contribution in [2.75, 3.05) is 6.54 Å². The van der Waals surface area contributed by atoms with Crippen molar-refractivity contribution >= 4 is 22.5 Å². The van der Waals surface area contributed by atoms with Crippen LogP contribution in [0.4, 0.5) is 0 Å². The number of nitrogens with zero attached hydrogens (tertiary/aromatic N) is 2. The second-order valence-corrected chi connectivity index (χ2v) is 6.39. The number of imidazole rings is 1. The van der Waals surface area contributed by atoms with Gasteiger partial charge in [-0.3, -0.25) is 0 Å². The van der Waals surface area contributed by atoms with Crippen molar-refractivity contribution in [3.8, 4) is 0 Å². The van der Waals surface area contributed by atoms with Gasteiger partial charge in [0.25, 0.3) is 0 Å². The quantitative estimate of drug-likeness (QED) is 0.771. The summed E-state index contributed by atoms with van der Waals surface area (Å²) < 4.78 is 2.32. The molecular formula is C17H19ClN4. The predicted octanol–water partition coefficient (Wildman–Crippen LogP) is 3.69. The Labute approximate surface area is 134 Å². The number of aryl methyl sites for hydroxylation is 1. The van der Waals surface area contributed by atoms with Gasteiger partial charge in [-0.25, -0.2) is 4.98 Å². The molecule has 5 heteroatoms. The smallest absolute Gasteiger partial charge is 0.108 e. The number of H-pyrrole nitrogens is 1. The highest BCUT2D eigenvalue weighted by Gasteiger charge is 2.19. The highest BCUT2D eigenvalue weighted by molar-refractivity contribution is 6.31. The maximum atomic E-state index is 6.03. The van der Waals surface area contributed by atoms with Gasteiger partial charge < -0.3 is 14.9 Å². The summed E-state index contributed by atoms with van der Waals surface area (Å²) in [5.41, 5.74) is 2.33. The van der Waals surface area contributed by atoms with Crippen LogP contribution in [-0.4, -0.2) is 21.1 Å². The number of aromatic nitrogens is 3. The van der Waals surface area contributed by atoms with Gasteiger partial charge in [-0.2, -0.15) is 0 Å². The average Bonchev–Trinajstić information content (AvgIpc) is 3.13. The van der Waals surface area contributed by atoms with Gasteiger partial charge in [0, 0.05) is 59.6 Å². The van der Waals surface area contributed by atoms with E-state index in [2.05, 4.69) is 32.1 Å². The van der Waals surface area contributed by atoms with Crippen molar-refractivity contribution in [2.24, 2.45) is 0 Å². The number of halogens is 1. The summed E-state index contributed by atoms with van der Waals surface area (Å²) in [5.74, 6) is 1.22. The molecule has 4 nitrogen and oxygen atoms in total. The van der Waals surface area contributed by atoms with Gasteiger partial charge in [0.2, 0.25) is 0 Å². The number of aromatic amines is 1. The topological polar surface area (TPSA) is 45.6 Å². The fraction of sp³-hybridized carbons (Fsp3) is 0.353. The minimum absolute atomic E-state index is 0.519. The molecule has 0 aliphatic carbocycles. The second kappa shape index (κ2) is 5.78. The monoisotopic (exact) mass is 314 g/mol. The number of rotatable bonds is 4. The van der Waals surface area contributed by atoms with Crippen LogP contribution < -0.4 is 5.32 Å². The Morgan fingerprint density at radius 1 is 1.36 bits per heavy atom. The highest BCUT2D eigenvalue weighted by Crippen LogP contribution is 2.23. The first kappa shape index (κ1) is 13.9. The van der Waals surface area contributed by atoms with Crippen LogP contribution in [0.5, 0.6) is 0 Å². The summed E-state index contributed by atoms with van der Waals surface area (Å²) in [6.07, 6.45) is 7.57. The van der Waals surface area contributed by atoms with Gasteiger partial charge >= 0.3 is 0 Å². The van der Waals surface area contributed by atoms with Crippen molar-refractivity contribution in [1.82, 2.24) is 19.9 Å². The van der Waals surface area contributed by atoms with Gasteiger partial charge in [-0.1, -0.05) is 11.6 Å². The molecule has 2 aromatic heterocycles. The van der Waals surface area contributed by atoms with Gasteiger partial charge in [-0.15, -0.1) is 0 Å². The summed E-state index contributed by atoms with van der Waals surface area (Å²) in [5, 5.41) is 5.51. The summed E-state index contributed by atoms with van der Waals surface area (Å²) >= 11 is 6.03. The molecular weight excluding hydrogens is 296 g/mol. The molecule has 3 heterocycles. The van der Waals surface area contributed by atoms with Gasteiger partial charge in [0.05, 0.1) is 0 Å². The van der Waals surface area contributed by atoms with Crippen LogP contribution in [0.15, 0.2) is 36.7 Å². The van der Waals surface area contributed by atoms with E-state index >= 15 is 0 Å². The molecule has 0 amide bonds. The first-order valence-corrected chi connectivity index (χ1v) is 8.17. The zero-order chi connectivity index (χ0) is 14.9. The molecule has 0 bridgehead atoms. The number of hydrogen-bond donors (Lipinski definition) is 2. The molecule has 0 saturated heterocycles. The Morgan fingerprint density at radius 3 is 3.27 bits per heavy atom. The Balaban J connectivity index is 1.41. The van der Waals surface area contributed by atoms with Crippen LogP contribution in [0.1, 0.15) is 30.4 Å². The molecule has 1 aliphatic heterocycles. The van der Waals surface area contributed by atoms with E-state index in [0.29, 0.717) is 6.04 Å². The molecule has 2 N–H and O–H groups in total. The van der Waals surface area contributed by atoms with E-state index in [1.807, 2.05) is 24.4 Å². The van der Waals surface area contributed by atoms with E-state index in [0.717, 1.165) is 30.0 Å². The molecule has 1 aliphatic rings. The van der Waals surface area contributed by atoms with Crippen LogP contribution in [0.25, 0.3) is 10.9 Å². The third-order valence-electron chi connectivity index (χ3n) is 4.41. The van der Waals surface area contributed by atoms with Crippen LogP contribution in [-0.2, 0) is 13.0 Å². The number of benzene rings is 1. The fourth-order valence-corrected chi connectivity index (χ4v) is 3.52. The van der Waals surface area contributed by atoms with Crippen molar-refractivity contribution in [3.63, 3.8) is 0 Å². The van der Waals surface area contributed by atoms with Crippen molar-refractivity contribution in [3.05, 3.63) is 53.2 Å². The largest absolute Gasteiger partial charge is 0.357 e. The number of nitrogens with one attached hydrogen (secondary N) is 2. The highest BCUT2D eigenvalue weighted by atomic mass is 35.5. The Morgan fingerprint density at radius 2 is 2.32 bits per heavy atom. The normalized spacial score (nSPS) is 17.8. The van der Waals surface area contributed by atoms with Gasteiger partial charge in [0.15, 0.2) is 0 Å². The Bertz CT molecular complexity index is 789. The maximum Gasteiger partial charge on any atom is 0.108 e. The zero-order valence-corrected chi connectivity index (χ0v) is 13.1. The predicted molar refractivity (Wildman–Crippen MR) is 89.2 cm³/mol. The Hall–Kier alpha value is -1.78. The second-order valence-electron chi connectivity index (χ2n) is 5.95. The van der Waals surface area contributed by atoms with Gasteiger partial charge in [-0.05, 0) is 37.1 Å². The molecule has 4 rings (SSSR count). The Kier molecular flexibility index (Phi) is 3.64. The lowest BCUT2D eigenvalue weighted by Gasteiger charge is -2.25. The number of hydrogen-bond acceptors (Lipinski definition) is 2. The summed E-state index contributed by atoms with van der Waals surface area (Å²) in [7, 11) is 0.